The third-order valence-corrected chi connectivity index (χ3v) is 5.46. The van der Waals surface area contributed by atoms with Crippen LogP contribution in [-0.4, -0.2) is 50.0 Å². The average molecular weight is 388 g/mol. The van der Waals surface area contributed by atoms with E-state index in [1.807, 2.05) is 31.6 Å². The van der Waals surface area contributed by atoms with E-state index in [-0.39, 0.29) is 5.75 Å². The zero-order chi connectivity index (χ0) is 20.1. The summed E-state index contributed by atoms with van der Waals surface area (Å²) in [4.78, 5) is 11.6. The smallest absolute Gasteiger partial charge is 0.163 e. The van der Waals surface area contributed by atoms with Crippen LogP contribution in [0.25, 0.3) is 33.2 Å². The molecule has 29 heavy (non-hydrogen) atoms. The monoisotopic (exact) mass is 388 g/mol. The molecule has 0 saturated carbocycles. The van der Waals surface area contributed by atoms with Gasteiger partial charge in [0.15, 0.2) is 5.82 Å². The molecular formula is C22H24N6O. The summed E-state index contributed by atoms with van der Waals surface area (Å²) in [5.41, 5.74) is 3.41. The third-order valence-electron chi connectivity index (χ3n) is 5.46. The lowest BCUT2D eigenvalue weighted by Crippen LogP contribution is -2.54. The predicted molar refractivity (Wildman–Crippen MR) is 115 cm³/mol. The fourth-order valence-electron chi connectivity index (χ4n) is 4.25. The molecule has 0 spiro atoms. The van der Waals surface area contributed by atoms with Crippen LogP contribution in [0.1, 0.15) is 13.8 Å². The van der Waals surface area contributed by atoms with Crippen LogP contribution in [0.4, 0.5) is 5.69 Å². The predicted octanol–water partition coefficient (Wildman–Crippen LogP) is 3.08. The largest absolute Gasteiger partial charge is 0.507 e. The summed E-state index contributed by atoms with van der Waals surface area (Å²) in [5.74, 6) is 0.647. The number of aromatic nitrogens is 4. The molecule has 1 aliphatic rings. The summed E-state index contributed by atoms with van der Waals surface area (Å²) >= 11 is 0. The lowest BCUT2D eigenvalue weighted by Gasteiger charge is -2.37. The van der Waals surface area contributed by atoms with E-state index in [0.29, 0.717) is 23.5 Å². The number of phenolic OH excluding ortho intramolecular Hbond substituents is 1. The van der Waals surface area contributed by atoms with Crippen molar-refractivity contribution in [3.8, 4) is 17.1 Å². The zero-order valence-electron chi connectivity index (χ0n) is 16.8. The number of anilines is 1. The number of piperazine rings is 1. The summed E-state index contributed by atoms with van der Waals surface area (Å²) in [6, 6.07) is 10.8. The SMILES string of the molecule is C[C@H]1CN(c2ccc3nc(-c4cc5cn(C)nc5cc4O)ncc3c2)C[C@H](C)N1. The Morgan fingerprint density at radius 3 is 2.62 bits per heavy atom. The standard InChI is InChI=1S/C22H24N6O/c1-13-10-28(11-14(2)24-13)17-4-5-19-15(6-17)9-23-22(25-19)18-7-16-12-27(3)26-20(16)8-21(18)29/h4-9,12-14,24,29H,10-11H2,1-3H3/t13-,14-/m0/s1. The second-order valence-electron chi connectivity index (χ2n) is 8.04. The van der Waals surface area contributed by atoms with Crippen LogP contribution in [0.5, 0.6) is 5.75 Å². The number of fused-ring (bicyclic) bond motifs is 2. The van der Waals surface area contributed by atoms with Gasteiger partial charge in [-0.3, -0.25) is 4.68 Å². The van der Waals surface area contributed by atoms with Gasteiger partial charge in [0.2, 0.25) is 0 Å². The number of rotatable bonds is 2. The molecule has 7 nitrogen and oxygen atoms in total. The van der Waals surface area contributed by atoms with Crippen molar-refractivity contribution in [2.75, 3.05) is 18.0 Å². The zero-order valence-corrected chi connectivity index (χ0v) is 16.8. The van der Waals surface area contributed by atoms with Gasteiger partial charge in [0.25, 0.3) is 0 Å². The van der Waals surface area contributed by atoms with Gasteiger partial charge in [0.1, 0.15) is 5.75 Å². The molecular weight excluding hydrogens is 364 g/mol. The van der Waals surface area contributed by atoms with Gasteiger partial charge in [0, 0.05) is 67.1 Å². The van der Waals surface area contributed by atoms with Gasteiger partial charge in [-0.2, -0.15) is 5.10 Å². The number of hydrogen-bond acceptors (Lipinski definition) is 6. The Morgan fingerprint density at radius 1 is 1.03 bits per heavy atom. The molecule has 148 valence electrons. The van der Waals surface area contributed by atoms with Crippen LogP contribution < -0.4 is 10.2 Å². The van der Waals surface area contributed by atoms with E-state index < -0.39 is 0 Å². The van der Waals surface area contributed by atoms with Gasteiger partial charge >= 0.3 is 0 Å². The highest BCUT2D eigenvalue weighted by molar-refractivity contribution is 5.88. The van der Waals surface area contributed by atoms with Crippen molar-refractivity contribution in [1.82, 2.24) is 25.1 Å². The summed E-state index contributed by atoms with van der Waals surface area (Å²) in [6.07, 6.45) is 3.75. The number of nitrogens with one attached hydrogen (secondary N) is 1. The minimum absolute atomic E-state index is 0.135. The molecule has 5 rings (SSSR count). The average Bonchev–Trinajstić information content (AvgIpc) is 3.04. The summed E-state index contributed by atoms with van der Waals surface area (Å²) in [7, 11) is 1.86. The van der Waals surface area contributed by atoms with E-state index >= 15 is 0 Å². The second kappa shape index (κ2) is 6.70. The summed E-state index contributed by atoms with van der Waals surface area (Å²) < 4.78 is 1.73. The number of aromatic hydroxyl groups is 1. The Hall–Kier alpha value is -3.19. The van der Waals surface area contributed by atoms with Crippen molar-refractivity contribution in [2.24, 2.45) is 7.05 Å². The fourth-order valence-corrected chi connectivity index (χ4v) is 4.25. The molecule has 2 atom stereocenters. The van der Waals surface area contributed by atoms with Crippen LogP contribution in [0.3, 0.4) is 0 Å². The number of aryl methyl sites for hydroxylation is 1. The Balaban J connectivity index is 1.52. The van der Waals surface area contributed by atoms with E-state index in [1.54, 1.807) is 10.7 Å². The van der Waals surface area contributed by atoms with E-state index in [2.05, 4.69) is 46.3 Å². The van der Waals surface area contributed by atoms with Crippen LogP contribution in [-0.2, 0) is 7.05 Å². The maximum absolute atomic E-state index is 10.5. The topological polar surface area (TPSA) is 79.1 Å². The van der Waals surface area contributed by atoms with Crippen molar-refractivity contribution in [1.29, 1.82) is 0 Å². The Labute approximate surface area is 169 Å². The molecule has 0 amide bonds. The molecule has 2 aromatic heterocycles. The first kappa shape index (κ1) is 17.9. The number of benzene rings is 2. The first-order valence-electron chi connectivity index (χ1n) is 9.91. The summed E-state index contributed by atoms with van der Waals surface area (Å²) in [6.45, 7) is 6.39. The number of phenols is 1. The lowest BCUT2D eigenvalue weighted by molar-refractivity contribution is 0.407. The number of hydrogen-bond donors (Lipinski definition) is 2. The molecule has 0 bridgehead atoms. The van der Waals surface area contributed by atoms with Crippen molar-refractivity contribution < 1.29 is 5.11 Å². The van der Waals surface area contributed by atoms with Gasteiger partial charge in [0.05, 0.1) is 16.6 Å². The van der Waals surface area contributed by atoms with Crippen molar-refractivity contribution in [2.45, 2.75) is 25.9 Å². The van der Waals surface area contributed by atoms with Crippen molar-refractivity contribution in [3.05, 3.63) is 42.7 Å². The van der Waals surface area contributed by atoms with Gasteiger partial charge in [-0.15, -0.1) is 0 Å². The molecule has 7 heteroatoms. The highest BCUT2D eigenvalue weighted by atomic mass is 16.3. The van der Waals surface area contributed by atoms with Gasteiger partial charge in [-0.25, -0.2) is 9.97 Å². The molecule has 1 fully saturated rings. The minimum atomic E-state index is 0.135. The molecule has 2 N–H and O–H groups in total. The molecule has 0 unspecified atom stereocenters. The third kappa shape index (κ3) is 3.27. The molecule has 1 saturated heterocycles. The molecule has 0 radical (unpaired) electrons. The van der Waals surface area contributed by atoms with Crippen LogP contribution in [0.15, 0.2) is 42.7 Å². The Morgan fingerprint density at radius 2 is 1.83 bits per heavy atom. The van der Waals surface area contributed by atoms with E-state index in [4.69, 9.17) is 4.98 Å². The first-order chi connectivity index (χ1) is 14.0. The maximum atomic E-state index is 10.5. The van der Waals surface area contributed by atoms with E-state index in [1.165, 1.54) is 5.69 Å². The molecule has 0 aliphatic carbocycles. The highest BCUT2D eigenvalue weighted by Crippen LogP contribution is 2.32. The maximum Gasteiger partial charge on any atom is 0.163 e. The van der Waals surface area contributed by atoms with Crippen molar-refractivity contribution in [3.63, 3.8) is 0 Å². The quantitative estimate of drug-likeness (QED) is 0.549. The first-order valence-corrected chi connectivity index (χ1v) is 9.91. The number of nitrogens with zero attached hydrogens (tertiary/aromatic N) is 5. The summed E-state index contributed by atoms with van der Waals surface area (Å²) in [5, 5.41) is 20.3. The van der Waals surface area contributed by atoms with E-state index in [0.717, 1.165) is 34.9 Å². The lowest BCUT2D eigenvalue weighted by atomic mass is 10.1. The normalized spacial score (nSPS) is 19.9. The van der Waals surface area contributed by atoms with Crippen LogP contribution >= 0.6 is 0 Å². The minimum Gasteiger partial charge on any atom is -0.507 e. The molecule has 1 aliphatic heterocycles. The fraction of sp³-hybridized carbons (Fsp3) is 0.318. The van der Waals surface area contributed by atoms with Gasteiger partial charge < -0.3 is 15.3 Å². The van der Waals surface area contributed by atoms with Gasteiger partial charge in [-0.05, 0) is 38.1 Å². The Bertz CT molecular complexity index is 1210. The molecule has 3 heterocycles. The van der Waals surface area contributed by atoms with Crippen LogP contribution in [0.2, 0.25) is 0 Å². The highest BCUT2D eigenvalue weighted by Gasteiger charge is 2.21. The van der Waals surface area contributed by atoms with Gasteiger partial charge in [-0.1, -0.05) is 0 Å². The van der Waals surface area contributed by atoms with E-state index in [9.17, 15) is 5.11 Å². The second-order valence-corrected chi connectivity index (χ2v) is 8.04. The molecule has 4 aromatic rings. The molecule has 2 aromatic carbocycles. The van der Waals surface area contributed by atoms with Crippen LogP contribution in [0, 0.1) is 0 Å². The Kier molecular flexibility index (Phi) is 4.13. The van der Waals surface area contributed by atoms with Crippen molar-refractivity contribution >= 4 is 27.5 Å².